The number of hydrogen-bond donors (Lipinski definition) is 0. The molecular formula is C17H19FN2O. The summed E-state index contributed by atoms with van der Waals surface area (Å²) in [5, 5.41) is 0. The minimum absolute atomic E-state index is 0.0650. The lowest BCUT2D eigenvalue weighted by Gasteiger charge is -2.22. The molecule has 0 radical (unpaired) electrons. The maximum absolute atomic E-state index is 13.6. The molecule has 0 bridgehead atoms. The van der Waals surface area contributed by atoms with Gasteiger partial charge in [0, 0.05) is 31.9 Å². The molecule has 1 heterocycles. The Kier molecular flexibility index (Phi) is 5.43. The number of hydrogen-bond acceptors (Lipinski definition) is 2. The Morgan fingerprint density at radius 2 is 2.05 bits per heavy atom. The standard InChI is InChI=1S/C17H19FN2O/c1-2-17(21)20(13-14-6-5-10-19-12-14)11-9-15-7-3-4-8-16(15)18/h3-8,10,12H,2,9,11,13H2,1H3. The summed E-state index contributed by atoms with van der Waals surface area (Å²) in [6.45, 7) is 2.85. The highest BCUT2D eigenvalue weighted by Gasteiger charge is 2.13. The maximum Gasteiger partial charge on any atom is 0.222 e. The minimum atomic E-state index is -0.220. The molecule has 0 N–H and O–H groups in total. The van der Waals surface area contributed by atoms with Crippen LogP contribution in [-0.4, -0.2) is 22.3 Å². The molecule has 0 aliphatic rings. The Morgan fingerprint density at radius 1 is 1.24 bits per heavy atom. The number of rotatable bonds is 6. The second-order valence-electron chi connectivity index (χ2n) is 4.87. The zero-order valence-electron chi connectivity index (χ0n) is 12.1. The van der Waals surface area contributed by atoms with Gasteiger partial charge in [-0.3, -0.25) is 9.78 Å². The van der Waals surface area contributed by atoms with Crippen molar-refractivity contribution in [3.8, 4) is 0 Å². The highest BCUT2D eigenvalue weighted by Crippen LogP contribution is 2.10. The van der Waals surface area contributed by atoms with E-state index in [-0.39, 0.29) is 11.7 Å². The van der Waals surface area contributed by atoms with E-state index in [1.165, 1.54) is 6.07 Å². The van der Waals surface area contributed by atoms with Gasteiger partial charge in [0.15, 0.2) is 0 Å². The number of nitrogens with zero attached hydrogens (tertiary/aromatic N) is 2. The van der Waals surface area contributed by atoms with Crippen molar-refractivity contribution < 1.29 is 9.18 Å². The lowest BCUT2D eigenvalue weighted by atomic mass is 10.1. The van der Waals surface area contributed by atoms with E-state index >= 15 is 0 Å². The minimum Gasteiger partial charge on any atom is -0.338 e. The van der Waals surface area contributed by atoms with Crippen molar-refractivity contribution in [2.75, 3.05) is 6.54 Å². The summed E-state index contributed by atoms with van der Waals surface area (Å²) in [7, 11) is 0. The van der Waals surface area contributed by atoms with Crippen molar-refractivity contribution in [3.05, 3.63) is 65.7 Å². The molecule has 0 spiro atoms. The van der Waals surface area contributed by atoms with Crippen LogP contribution in [0.15, 0.2) is 48.8 Å². The summed E-state index contributed by atoms with van der Waals surface area (Å²) in [6.07, 6.45) is 4.41. The van der Waals surface area contributed by atoms with E-state index < -0.39 is 0 Å². The molecule has 0 saturated carbocycles. The van der Waals surface area contributed by atoms with Crippen LogP contribution in [0.4, 0.5) is 4.39 Å². The molecule has 21 heavy (non-hydrogen) atoms. The predicted octanol–water partition coefficient (Wildman–Crippen LogP) is 3.20. The van der Waals surface area contributed by atoms with E-state index in [1.54, 1.807) is 29.4 Å². The zero-order valence-corrected chi connectivity index (χ0v) is 12.1. The lowest BCUT2D eigenvalue weighted by Crippen LogP contribution is -2.32. The predicted molar refractivity (Wildman–Crippen MR) is 80.0 cm³/mol. The Morgan fingerprint density at radius 3 is 2.71 bits per heavy atom. The van der Waals surface area contributed by atoms with Gasteiger partial charge in [-0.1, -0.05) is 31.2 Å². The van der Waals surface area contributed by atoms with E-state index in [1.807, 2.05) is 25.1 Å². The second kappa shape index (κ2) is 7.53. The van der Waals surface area contributed by atoms with E-state index in [4.69, 9.17) is 0 Å². The van der Waals surface area contributed by atoms with Crippen molar-refractivity contribution in [3.63, 3.8) is 0 Å². The van der Waals surface area contributed by atoms with Crippen molar-refractivity contribution in [1.82, 2.24) is 9.88 Å². The summed E-state index contributed by atoms with van der Waals surface area (Å²) in [4.78, 5) is 17.8. The molecule has 1 aromatic heterocycles. The van der Waals surface area contributed by atoms with E-state index in [0.29, 0.717) is 31.5 Å². The molecule has 1 aromatic carbocycles. The Hall–Kier alpha value is -2.23. The summed E-state index contributed by atoms with van der Waals surface area (Å²) in [5.74, 6) is -0.155. The molecule has 110 valence electrons. The van der Waals surface area contributed by atoms with E-state index in [9.17, 15) is 9.18 Å². The molecule has 0 fully saturated rings. The van der Waals surface area contributed by atoms with Crippen molar-refractivity contribution in [2.24, 2.45) is 0 Å². The molecule has 4 heteroatoms. The molecular weight excluding hydrogens is 267 g/mol. The van der Waals surface area contributed by atoms with Gasteiger partial charge in [-0.25, -0.2) is 4.39 Å². The molecule has 2 aromatic rings. The van der Waals surface area contributed by atoms with Crippen LogP contribution in [0.25, 0.3) is 0 Å². The third kappa shape index (κ3) is 4.38. The topological polar surface area (TPSA) is 33.2 Å². The van der Waals surface area contributed by atoms with Gasteiger partial charge in [0.2, 0.25) is 5.91 Å². The van der Waals surface area contributed by atoms with E-state index in [0.717, 1.165) is 5.56 Å². The van der Waals surface area contributed by atoms with Gasteiger partial charge in [0.1, 0.15) is 5.82 Å². The normalized spacial score (nSPS) is 10.4. The van der Waals surface area contributed by atoms with Crippen LogP contribution in [0.5, 0.6) is 0 Å². The smallest absolute Gasteiger partial charge is 0.222 e. The van der Waals surface area contributed by atoms with Gasteiger partial charge < -0.3 is 4.90 Å². The Bertz CT molecular complexity index is 586. The first kappa shape index (κ1) is 15.2. The van der Waals surface area contributed by atoms with Gasteiger partial charge in [0.25, 0.3) is 0 Å². The summed E-state index contributed by atoms with van der Waals surface area (Å²) >= 11 is 0. The summed E-state index contributed by atoms with van der Waals surface area (Å²) in [6, 6.07) is 10.5. The first-order valence-electron chi connectivity index (χ1n) is 7.10. The van der Waals surface area contributed by atoms with Gasteiger partial charge >= 0.3 is 0 Å². The molecule has 0 aliphatic heterocycles. The van der Waals surface area contributed by atoms with Crippen molar-refractivity contribution in [2.45, 2.75) is 26.3 Å². The van der Waals surface area contributed by atoms with Crippen LogP contribution in [0.3, 0.4) is 0 Å². The average Bonchev–Trinajstić information content (AvgIpc) is 2.53. The number of carbonyl (C=O) groups excluding carboxylic acids is 1. The number of aromatic nitrogens is 1. The first-order valence-corrected chi connectivity index (χ1v) is 7.10. The fraction of sp³-hybridized carbons (Fsp3) is 0.294. The number of amides is 1. The number of benzene rings is 1. The second-order valence-corrected chi connectivity index (χ2v) is 4.87. The molecule has 0 aliphatic carbocycles. The largest absolute Gasteiger partial charge is 0.338 e. The zero-order chi connectivity index (χ0) is 15.1. The first-order chi connectivity index (χ1) is 10.2. The van der Waals surface area contributed by atoms with Crippen LogP contribution in [0.2, 0.25) is 0 Å². The third-order valence-electron chi connectivity index (χ3n) is 3.36. The van der Waals surface area contributed by atoms with Gasteiger partial charge in [-0.05, 0) is 29.7 Å². The molecule has 1 amide bonds. The van der Waals surface area contributed by atoms with Gasteiger partial charge in [0.05, 0.1) is 0 Å². The number of carbonyl (C=O) groups is 1. The highest BCUT2D eigenvalue weighted by molar-refractivity contribution is 5.75. The molecule has 0 unspecified atom stereocenters. The van der Waals surface area contributed by atoms with Crippen LogP contribution in [-0.2, 0) is 17.8 Å². The Balaban J connectivity index is 2.03. The van der Waals surface area contributed by atoms with Crippen LogP contribution in [0.1, 0.15) is 24.5 Å². The van der Waals surface area contributed by atoms with Crippen LogP contribution >= 0.6 is 0 Å². The maximum atomic E-state index is 13.6. The van der Waals surface area contributed by atoms with Crippen LogP contribution in [0, 0.1) is 5.82 Å². The highest BCUT2D eigenvalue weighted by atomic mass is 19.1. The van der Waals surface area contributed by atoms with Crippen LogP contribution < -0.4 is 0 Å². The SMILES string of the molecule is CCC(=O)N(CCc1ccccc1F)Cc1cccnc1. The Labute approximate surface area is 124 Å². The summed E-state index contributed by atoms with van der Waals surface area (Å²) in [5.41, 5.74) is 1.62. The number of halogens is 1. The van der Waals surface area contributed by atoms with Crippen molar-refractivity contribution >= 4 is 5.91 Å². The quantitative estimate of drug-likeness (QED) is 0.817. The fourth-order valence-corrected chi connectivity index (χ4v) is 2.18. The summed E-state index contributed by atoms with van der Waals surface area (Å²) < 4.78 is 13.6. The number of pyridine rings is 1. The molecule has 2 rings (SSSR count). The van der Waals surface area contributed by atoms with E-state index in [2.05, 4.69) is 4.98 Å². The molecule has 0 saturated heterocycles. The lowest BCUT2D eigenvalue weighted by molar-refractivity contribution is -0.131. The fourth-order valence-electron chi connectivity index (χ4n) is 2.18. The van der Waals surface area contributed by atoms with Crippen molar-refractivity contribution in [1.29, 1.82) is 0 Å². The molecule has 3 nitrogen and oxygen atoms in total. The van der Waals surface area contributed by atoms with Gasteiger partial charge in [-0.15, -0.1) is 0 Å². The van der Waals surface area contributed by atoms with Gasteiger partial charge in [-0.2, -0.15) is 0 Å². The monoisotopic (exact) mass is 286 g/mol. The molecule has 0 atom stereocenters. The third-order valence-corrected chi connectivity index (χ3v) is 3.36. The average molecular weight is 286 g/mol.